The molecular weight excluding hydrogens is 425 g/mol. The van der Waals surface area contributed by atoms with E-state index >= 15 is 0 Å². The Morgan fingerprint density at radius 2 is 1.88 bits per heavy atom. The Bertz CT molecular complexity index is 1110. The number of hydroxylamine groups is 1. The number of fused-ring (bicyclic) bond motifs is 1. The van der Waals surface area contributed by atoms with Crippen LogP contribution >= 0.6 is 0 Å². The quantitative estimate of drug-likeness (QED) is 0.520. The highest BCUT2D eigenvalue weighted by Crippen LogP contribution is 2.37. The number of hydrogen-bond acceptors (Lipinski definition) is 5. The number of rotatable bonds is 6. The highest BCUT2D eigenvalue weighted by molar-refractivity contribution is 5.89. The van der Waals surface area contributed by atoms with Gasteiger partial charge in [-0.15, -0.1) is 0 Å². The molecule has 0 saturated heterocycles. The minimum atomic E-state index is -2.93. The zero-order valence-corrected chi connectivity index (χ0v) is 16.6. The number of nitrogens with zero attached hydrogens (tertiary/aromatic N) is 1. The number of ether oxygens (including phenoxy) is 1. The number of urea groups is 1. The van der Waals surface area contributed by atoms with Gasteiger partial charge in [0.05, 0.1) is 5.69 Å². The van der Waals surface area contributed by atoms with Crippen LogP contribution in [0.5, 0.6) is 11.5 Å². The first-order valence-electron chi connectivity index (χ1n) is 9.60. The predicted octanol–water partition coefficient (Wildman–Crippen LogP) is 4.52. The molecule has 4 N–H and O–H groups in total. The maximum Gasteiger partial charge on any atom is 0.387 e. The fraction of sp³-hybridized carbons (Fsp3) is 0.136. The van der Waals surface area contributed by atoms with Gasteiger partial charge in [-0.3, -0.25) is 0 Å². The maximum atomic E-state index is 14.3. The van der Waals surface area contributed by atoms with Crippen molar-refractivity contribution in [3.05, 3.63) is 83.7 Å². The van der Waals surface area contributed by atoms with Crippen LogP contribution in [0, 0.1) is 5.82 Å². The third-order valence-corrected chi connectivity index (χ3v) is 4.75. The summed E-state index contributed by atoms with van der Waals surface area (Å²) in [4.78, 5) is 17.9. The molecule has 2 amide bonds. The van der Waals surface area contributed by atoms with Gasteiger partial charge in [0.2, 0.25) is 0 Å². The molecule has 1 aliphatic heterocycles. The summed E-state index contributed by atoms with van der Waals surface area (Å²) in [5.74, 6) is 0.0792. The van der Waals surface area contributed by atoms with Gasteiger partial charge in [-0.2, -0.15) is 13.8 Å². The number of benzene rings is 3. The summed E-state index contributed by atoms with van der Waals surface area (Å²) < 4.78 is 42.9. The van der Waals surface area contributed by atoms with Crippen LogP contribution in [0.3, 0.4) is 0 Å². The van der Waals surface area contributed by atoms with Crippen LogP contribution in [0.4, 0.5) is 29.3 Å². The average molecular weight is 444 g/mol. The molecule has 1 aliphatic rings. The average Bonchev–Trinajstić information content (AvgIpc) is 3.11. The van der Waals surface area contributed by atoms with Gasteiger partial charge in [0.25, 0.3) is 0 Å². The number of para-hydroxylation sites is 1. The van der Waals surface area contributed by atoms with E-state index in [1.54, 1.807) is 6.07 Å². The molecule has 1 heterocycles. The van der Waals surface area contributed by atoms with Crippen molar-refractivity contribution in [3.8, 4) is 11.5 Å². The molecule has 1 atom stereocenters. The lowest BCUT2D eigenvalue weighted by atomic mass is 10.1. The van der Waals surface area contributed by atoms with Gasteiger partial charge in [-0.05, 0) is 48.5 Å². The van der Waals surface area contributed by atoms with Gasteiger partial charge in [-0.1, -0.05) is 18.2 Å². The fourth-order valence-electron chi connectivity index (χ4n) is 3.21. The van der Waals surface area contributed by atoms with Crippen LogP contribution in [0.15, 0.2) is 66.7 Å². The normalized spacial score (nSPS) is 14.7. The zero-order valence-electron chi connectivity index (χ0n) is 16.6. The number of amides is 2. The Morgan fingerprint density at radius 3 is 2.59 bits per heavy atom. The minimum absolute atomic E-state index is 0.0330. The largest absolute Gasteiger partial charge is 0.435 e. The number of nitrogens with one attached hydrogen (secondary N) is 2. The Hall–Kier alpha value is -3.92. The third kappa shape index (κ3) is 4.70. The van der Waals surface area contributed by atoms with E-state index < -0.39 is 24.6 Å². The van der Waals surface area contributed by atoms with E-state index in [0.717, 1.165) is 5.56 Å². The lowest BCUT2D eigenvalue weighted by Gasteiger charge is -2.22. The highest BCUT2D eigenvalue weighted by atomic mass is 19.3. The lowest BCUT2D eigenvalue weighted by molar-refractivity contribution is -0.0498. The molecule has 10 heteroatoms. The van der Waals surface area contributed by atoms with E-state index in [1.807, 2.05) is 18.2 Å². The van der Waals surface area contributed by atoms with Gasteiger partial charge in [0.15, 0.2) is 5.75 Å². The van der Waals surface area contributed by atoms with Crippen molar-refractivity contribution in [2.24, 2.45) is 5.73 Å². The molecule has 3 aromatic rings. The first-order chi connectivity index (χ1) is 15.4. The third-order valence-electron chi connectivity index (χ3n) is 4.75. The minimum Gasteiger partial charge on any atom is -0.435 e. The molecule has 7 nitrogen and oxygen atoms in total. The summed E-state index contributed by atoms with van der Waals surface area (Å²) in [6.07, 6.45) is -0.558. The summed E-state index contributed by atoms with van der Waals surface area (Å²) in [7, 11) is 0. The molecule has 1 unspecified atom stereocenters. The Kier molecular flexibility index (Phi) is 6.04. The van der Waals surface area contributed by atoms with Crippen molar-refractivity contribution >= 4 is 17.4 Å². The van der Waals surface area contributed by atoms with Crippen molar-refractivity contribution in [3.63, 3.8) is 0 Å². The van der Waals surface area contributed by atoms with Crippen LogP contribution in [0.1, 0.15) is 17.3 Å². The first kappa shape index (κ1) is 21.3. The lowest BCUT2D eigenvalue weighted by Crippen LogP contribution is -2.32. The van der Waals surface area contributed by atoms with E-state index in [9.17, 15) is 18.0 Å². The van der Waals surface area contributed by atoms with Crippen LogP contribution < -0.4 is 31.0 Å². The number of carbonyl (C=O) groups excluding carboxylic acids is 1. The van der Waals surface area contributed by atoms with Crippen molar-refractivity contribution in [2.45, 2.75) is 19.3 Å². The van der Waals surface area contributed by atoms with Crippen molar-refractivity contribution in [1.82, 2.24) is 5.32 Å². The van der Waals surface area contributed by atoms with Gasteiger partial charge in [0, 0.05) is 23.4 Å². The summed E-state index contributed by atoms with van der Waals surface area (Å²) >= 11 is 0. The molecular formula is C22H19F3N4O3. The standard InChI is InChI=1S/C22H19F3N4O3/c23-18-10-7-15(29-20(26)17-3-1-2-4-19(17)32-29)11-13(18)12-27-22(30)28-14-5-8-16(9-6-14)31-21(24)25/h1-11,20-21H,12,26H2,(H2,27,28,30). The second-order valence-electron chi connectivity index (χ2n) is 6.89. The molecule has 0 fully saturated rings. The molecule has 166 valence electrons. The number of halogens is 3. The first-order valence-corrected chi connectivity index (χ1v) is 9.60. The van der Waals surface area contributed by atoms with Crippen LogP contribution in [-0.2, 0) is 6.54 Å². The molecule has 0 bridgehead atoms. The van der Waals surface area contributed by atoms with Crippen LogP contribution in [-0.4, -0.2) is 12.6 Å². The van der Waals surface area contributed by atoms with E-state index in [1.165, 1.54) is 47.5 Å². The molecule has 4 rings (SSSR count). The number of alkyl halides is 2. The van der Waals surface area contributed by atoms with E-state index in [0.29, 0.717) is 17.1 Å². The maximum absolute atomic E-state index is 14.3. The monoisotopic (exact) mass is 444 g/mol. The number of hydrogen-bond donors (Lipinski definition) is 3. The molecule has 0 aromatic heterocycles. The van der Waals surface area contributed by atoms with Crippen molar-refractivity contribution in [1.29, 1.82) is 0 Å². The van der Waals surface area contributed by atoms with Crippen molar-refractivity contribution in [2.75, 3.05) is 10.4 Å². The van der Waals surface area contributed by atoms with Crippen molar-refractivity contribution < 1.29 is 27.5 Å². The van der Waals surface area contributed by atoms with Gasteiger partial charge in [-0.25, -0.2) is 9.18 Å². The topological polar surface area (TPSA) is 88.9 Å². The molecule has 0 aliphatic carbocycles. The number of carbonyl (C=O) groups is 1. The SMILES string of the molecule is NC1c2ccccc2ON1c1ccc(F)c(CNC(=O)Nc2ccc(OC(F)F)cc2)c1. The number of nitrogens with two attached hydrogens (primary N) is 1. The van der Waals surface area contributed by atoms with E-state index in [-0.39, 0.29) is 17.9 Å². The summed E-state index contributed by atoms with van der Waals surface area (Å²) in [6, 6.07) is 16.5. The van der Waals surface area contributed by atoms with E-state index in [2.05, 4.69) is 15.4 Å². The molecule has 32 heavy (non-hydrogen) atoms. The summed E-state index contributed by atoms with van der Waals surface area (Å²) in [5.41, 5.74) is 8.15. The second-order valence-corrected chi connectivity index (χ2v) is 6.89. The van der Waals surface area contributed by atoms with E-state index in [4.69, 9.17) is 10.6 Å². The summed E-state index contributed by atoms with van der Waals surface area (Å²) in [6.45, 7) is -3.04. The van der Waals surface area contributed by atoms with Crippen LogP contribution in [0.25, 0.3) is 0 Å². The number of anilines is 2. The smallest absolute Gasteiger partial charge is 0.387 e. The Morgan fingerprint density at radius 1 is 1.12 bits per heavy atom. The zero-order chi connectivity index (χ0) is 22.7. The molecule has 0 radical (unpaired) electrons. The van der Waals surface area contributed by atoms with Gasteiger partial charge >= 0.3 is 12.6 Å². The molecule has 0 spiro atoms. The van der Waals surface area contributed by atoms with Gasteiger partial charge in [0.1, 0.15) is 17.7 Å². The fourth-order valence-corrected chi connectivity index (χ4v) is 3.21. The van der Waals surface area contributed by atoms with Gasteiger partial charge < -0.3 is 25.9 Å². The predicted molar refractivity (Wildman–Crippen MR) is 112 cm³/mol. The Labute approximate surface area is 181 Å². The summed E-state index contributed by atoms with van der Waals surface area (Å²) in [5, 5.41) is 6.55. The van der Waals surface area contributed by atoms with Crippen LogP contribution in [0.2, 0.25) is 0 Å². The second kappa shape index (κ2) is 9.06. The molecule has 0 saturated carbocycles. The Balaban J connectivity index is 1.38. The molecule has 3 aromatic carbocycles. The highest BCUT2D eigenvalue weighted by Gasteiger charge is 2.30.